The Bertz CT molecular complexity index is 573. The molecule has 1 aliphatic carbocycles. The van der Waals surface area contributed by atoms with Crippen LogP contribution in [0, 0.1) is 0 Å². The molecule has 0 unspecified atom stereocenters. The molecule has 0 atom stereocenters. The second kappa shape index (κ2) is 7.80. The monoisotopic (exact) mass is 314 g/mol. The first kappa shape index (κ1) is 16.3. The molecule has 5 nitrogen and oxygen atoms in total. The van der Waals surface area contributed by atoms with E-state index in [1.54, 1.807) is 0 Å². The Kier molecular flexibility index (Phi) is 6.06. The highest BCUT2D eigenvalue weighted by Gasteiger charge is 2.15. The molecule has 0 bridgehead atoms. The zero-order chi connectivity index (χ0) is 15.2. The van der Waals surface area contributed by atoms with Crippen molar-refractivity contribution >= 4 is 11.6 Å². The minimum absolute atomic E-state index is 0.163. The molecule has 0 radical (unpaired) electrons. The van der Waals surface area contributed by atoms with Gasteiger partial charge in [-0.1, -0.05) is 44.2 Å². The van der Waals surface area contributed by atoms with Crippen molar-refractivity contribution in [1.82, 2.24) is 9.55 Å². The SMILES string of the molecule is CCCc1c(Cl)[nH]c(=O)n(CCOC2CCCCC2)c1=O. The number of halogens is 1. The standard InChI is InChI=1S/C15H23ClN2O3/c1-2-6-12-13(16)17-15(20)18(14(12)19)9-10-21-11-7-4-3-5-8-11/h11H,2-10H2,1H3,(H,17,20). The Morgan fingerprint density at radius 2 is 2.00 bits per heavy atom. The predicted octanol–water partition coefficient (Wildman–Crippen LogP) is 2.49. The minimum Gasteiger partial charge on any atom is -0.376 e. The third-order valence-electron chi connectivity index (χ3n) is 3.95. The van der Waals surface area contributed by atoms with Crippen LogP contribution in [0.15, 0.2) is 9.59 Å². The number of nitrogens with one attached hydrogen (secondary N) is 1. The third kappa shape index (κ3) is 4.20. The number of aromatic nitrogens is 2. The molecule has 1 N–H and O–H groups in total. The third-order valence-corrected chi connectivity index (χ3v) is 4.27. The molecule has 2 rings (SSSR count). The summed E-state index contributed by atoms with van der Waals surface area (Å²) in [7, 11) is 0. The van der Waals surface area contributed by atoms with Gasteiger partial charge in [0.25, 0.3) is 5.56 Å². The van der Waals surface area contributed by atoms with Gasteiger partial charge in [-0.3, -0.25) is 14.3 Å². The molecule has 0 spiro atoms. The number of nitrogens with zero attached hydrogens (tertiary/aromatic N) is 1. The van der Waals surface area contributed by atoms with Gasteiger partial charge in [0.2, 0.25) is 0 Å². The molecule has 0 amide bonds. The lowest BCUT2D eigenvalue weighted by Crippen LogP contribution is -2.39. The van der Waals surface area contributed by atoms with E-state index in [9.17, 15) is 9.59 Å². The number of hydrogen-bond donors (Lipinski definition) is 1. The van der Waals surface area contributed by atoms with E-state index in [-0.39, 0.29) is 23.4 Å². The largest absolute Gasteiger partial charge is 0.376 e. The molecule has 1 aromatic rings. The highest BCUT2D eigenvalue weighted by molar-refractivity contribution is 6.30. The first-order valence-corrected chi connectivity index (χ1v) is 8.14. The average molecular weight is 315 g/mol. The molecule has 0 saturated heterocycles. The summed E-state index contributed by atoms with van der Waals surface area (Å²) in [5.41, 5.74) is -0.272. The topological polar surface area (TPSA) is 64.1 Å². The Balaban J connectivity index is 2.03. The van der Waals surface area contributed by atoms with E-state index in [0.717, 1.165) is 19.3 Å². The van der Waals surface area contributed by atoms with E-state index in [0.29, 0.717) is 18.6 Å². The van der Waals surface area contributed by atoms with Crippen LogP contribution in [0.5, 0.6) is 0 Å². The lowest BCUT2D eigenvalue weighted by molar-refractivity contribution is 0.0233. The molecule has 0 aromatic carbocycles. The van der Waals surface area contributed by atoms with E-state index in [4.69, 9.17) is 16.3 Å². The molecule has 1 fully saturated rings. The van der Waals surface area contributed by atoms with E-state index in [1.807, 2.05) is 6.92 Å². The van der Waals surface area contributed by atoms with Gasteiger partial charge < -0.3 is 4.74 Å². The maximum absolute atomic E-state index is 12.3. The molecule has 1 heterocycles. The van der Waals surface area contributed by atoms with Crippen molar-refractivity contribution in [2.45, 2.75) is 64.5 Å². The summed E-state index contributed by atoms with van der Waals surface area (Å²) in [4.78, 5) is 26.7. The summed E-state index contributed by atoms with van der Waals surface area (Å²) in [6.45, 7) is 2.64. The van der Waals surface area contributed by atoms with Gasteiger partial charge in [0.1, 0.15) is 5.15 Å². The van der Waals surface area contributed by atoms with Crippen molar-refractivity contribution in [2.75, 3.05) is 6.61 Å². The minimum atomic E-state index is -0.461. The first-order chi connectivity index (χ1) is 10.1. The average Bonchev–Trinajstić information content (AvgIpc) is 2.48. The van der Waals surface area contributed by atoms with Crippen LogP contribution in [0.2, 0.25) is 5.15 Å². The van der Waals surface area contributed by atoms with Gasteiger partial charge in [0.05, 0.1) is 24.8 Å². The van der Waals surface area contributed by atoms with Crippen molar-refractivity contribution in [2.24, 2.45) is 0 Å². The van der Waals surface area contributed by atoms with E-state index >= 15 is 0 Å². The summed E-state index contributed by atoms with van der Waals surface area (Å²) < 4.78 is 6.98. The molecular weight excluding hydrogens is 292 g/mol. The van der Waals surface area contributed by atoms with Crippen molar-refractivity contribution < 1.29 is 4.74 Å². The molecule has 6 heteroatoms. The fraction of sp³-hybridized carbons (Fsp3) is 0.733. The van der Waals surface area contributed by atoms with Gasteiger partial charge in [-0.25, -0.2) is 4.79 Å². The summed E-state index contributed by atoms with van der Waals surface area (Å²) in [5, 5.41) is 0.163. The fourth-order valence-electron chi connectivity index (χ4n) is 2.80. The van der Waals surface area contributed by atoms with Crippen molar-refractivity contribution in [3.63, 3.8) is 0 Å². The van der Waals surface area contributed by atoms with Crippen LogP contribution in [0.3, 0.4) is 0 Å². The number of hydrogen-bond acceptors (Lipinski definition) is 3. The van der Waals surface area contributed by atoms with Crippen LogP contribution in [0.4, 0.5) is 0 Å². The van der Waals surface area contributed by atoms with Crippen molar-refractivity contribution in [3.8, 4) is 0 Å². The Labute approximate surface area is 129 Å². The van der Waals surface area contributed by atoms with Crippen LogP contribution in [-0.4, -0.2) is 22.3 Å². The van der Waals surface area contributed by atoms with Crippen LogP contribution >= 0.6 is 11.6 Å². The number of aromatic amines is 1. The summed E-state index contributed by atoms with van der Waals surface area (Å²) in [6, 6.07) is 0. The summed E-state index contributed by atoms with van der Waals surface area (Å²) in [6.07, 6.45) is 7.48. The summed E-state index contributed by atoms with van der Waals surface area (Å²) >= 11 is 5.94. The van der Waals surface area contributed by atoms with E-state index in [1.165, 1.54) is 23.8 Å². The first-order valence-electron chi connectivity index (χ1n) is 7.76. The number of rotatable bonds is 6. The van der Waals surface area contributed by atoms with Gasteiger partial charge in [-0.05, 0) is 19.3 Å². The Morgan fingerprint density at radius 1 is 1.29 bits per heavy atom. The highest BCUT2D eigenvalue weighted by Crippen LogP contribution is 2.20. The van der Waals surface area contributed by atoms with Crippen LogP contribution in [0.1, 0.15) is 51.0 Å². The van der Waals surface area contributed by atoms with Gasteiger partial charge in [0.15, 0.2) is 0 Å². The van der Waals surface area contributed by atoms with Gasteiger partial charge in [0, 0.05) is 0 Å². The molecule has 21 heavy (non-hydrogen) atoms. The lowest BCUT2D eigenvalue weighted by Gasteiger charge is -2.22. The Hall–Kier alpha value is -1.07. The second-order valence-corrected chi connectivity index (χ2v) is 5.94. The zero-order valence-electron chi connectivity index (χ0n) is 12.5. The zero-order valence-corrected chi connectivity index (χ0v) is 13.2. The van der Waals surface area contributed by atoms with Crippen LogP contribution in [0.25, 0.3) is 0 Å². The fourth-order valence-corrected chi connectivity index (χ4v) is 3.05. The summed E-state index contributed by atoms with van der Waals surface area (Å²) in [5.74, 6) is 0. The molecule has 1 saturated carbocycles. The predicted molar refractivity (Wildman–Crippen MR) is 83.2 cm³/mol. The molecule has 118 valence electrons. The maximum Gasteiger partial charge on any atom is 0.329 e. The second-order valence-electron chi connectivity index (χ2n) is 5.56. The maximum atomic E-state index is 12.3. The Morgan fingerprint density at radius 3 is 2.67 bits per heavy atom. The molecule has 0 aliphatic heterocycles. The van der Waals surface area contributed by atoms with Crippen molar-refractivity contribution in [1.29, 1.82) is 0 Å². The van der Waals surface area contributed by atoms with E-state index in [2.05, 4.69) is 4.98 Å². The van der Waals surface area contributed by atoms with Crippen LogP contribution in [-0.2, 0) is 17.7 Å². The quantitative estimate of drug-likeness (QED) is 0.820. The molecule has 1 aliphatic rings. The van der Waals surface area contributed by atoms with Gasteiger partial charge in [-0.2, -0.15) is 0 Å². The van der Waals surface area contributed by atoms with Gasteiger partial charge >= 0.3 is 5.69 Å². The lowest BCUT2D eigenvalue weighted by atomic mass is 9.98. The normalized spacial score (nSPS) is 16.3. The van der Waals surface area contributed by atoms with Crippen molar-refractivity contribution in [3.05, 3.63) is 31.6 Å². The van der Waals surface area contributed by atoms with Gasteiger partial charge in [-0.15, -0.1) is 0 Å². The van der Waals surface area contributed by atoms with E-state index < -0.39 is 5.69 Å². The smallest absolute Gasteiger partial charge is 0.329 e. The molecule has 1 aromatic heterocycles. The number of H-pyrrole nitrogens is 1. The highest BCUT2D eigenvalue weighted by atomic mass is 35.5. The molecular formula is C15H23ClN2O3. The van der Waals surface area contributed by atoms with Crippen LogP contribution < -0.4 is 11.2 Å². The number of ether oxygens (including phenoxy) is 1.